The van der Waals surface area contributed by atoms with Crippen LogP contribution in [0.4, 0.5) is 10.8 Å². The highest BCUT2D eigenvalue weighted by molar-refractivity contribution is 7.16. The van der Waals surface area contributed by atoms with Crippen molar-refractivity contribution in [3.63, 3.8) is 0 Å². The average molecular weight is 382 g/mol. The van der Waals surface area contributed by atoms with E-state index in [9.17, 15) is 4.79 Å². The van der Waals surface area contributed by atoms with Crippen LogP contribution in [0.15, 0.2) is 42.5 Å². The molecule has 3 rings (SSSR count). The van der Waals surface area contributed by atoms with E-state index in [0.29, 0.717) is 10.7 Å². The fraction of sp³-hybridized carbons (Fsp3) is 0.238. The maximum Gasteiger partial charge on any atom is 0.257 e. The number of nitrogens with zero attached hydrogens (tertiary/aromatic N) is 2. The minimum atomic E-state index is -0.161. The normalized spacial score (nSPS) is 10.6. The first-order valence-electron chi connectivity index (χ1n) is 8.60. The Labute approximate surface area is 163 Å². The third kappa shape index (κ3) is 4.11. The van der Waals surface area contributed by atoms with Crippen LogP contribution in [0.3, 0.4) is 0 Å². The zero-order valence-corrected chi connectivity index (χ0v) is 17.0. The molecule has 0 unspecified atom stereocenters. The fourth-order valence-corrected chi connectivity index (χ4v) is 3.65. The standard InChI is InChI=1S/C21H23N3O2S/c1-13-12-16(8-11-18(13)26-5)19-14(2)27-21(22-19)23-20(25)15-6-9-17(10-7-15)24(3)4/h6-12H,1-5H3,(H,22,23,25). The second kappa shape index (κ2) is 7.80. The molecule has 0 aliphatic carbocycles. The molecule has 0 saturated heterocycles. The van der Waals surface area contributed by atoms with Crippen LogP contribution in [0.5, 0.6) is 5.75 Å². The quantitative estimate of drug-likeness (QED) is 0.693. The van der Waals surface area contributed by atoms with Crippen LogP contribution in [-0.2, 0) is 0 Å². The van der Waals surface area contributed by atoms with E-state index in [1.54, 1.807) is 7.11 Å². The number of ether oxygens (including phenoxy) is 1. The summed E-state index contributed by atoms with van der Waals surface area (Å²) in [4.78, 5) is 20.2. The number of anilines is 2. The monoisotopic (exact) mass is 381 g/mol. The average Bonchev–Trinajstić information content (AvgIpc) is 3.01. The number of methoxy groups -OCH3 is 1. The number of aryl methyl sites for hydroxylation is 2. The molecule has 0 bridgehead atoms. The Bertz CT molecular complexity index is 962. The van der Waals surface area contributed by atoms with Gasteiger partial charge in [0.05, 0.1) is 12.8 Å². The lowest BCUT2D eigenvalue weighted by atomic mass is 10.1. The lowest BCUT2D eigenvalue weighted by Crippen LogP contribution is -2.13. The topological polar surface area (TPSA) is 54.5 Å². The molecule has 0 atom stereocenters. The predicted octanol–water partition coefficient (Wildman–Crippen LogP) is 4.75. The Kier molecular flexibility index (Phi) is 5.46. The van der Waals surface area contributed by atoms with Crippen LogP contribution in [0.1, 0.15) is 20.8 Å². The van der Waals surface area contributed by atoms with Crippen molar-refractivity contribution >= 4 is 28.1 Å². The second-order valence-corrected chi connectivity index (χ2v) is 7.71. The largest absolute Gasteiger partial charge is 0.496 e. The molecule has 140 valence electrons. The van der Waals surface area contributed by atoms with Gasteiger partial charge in [-0.1, -0.05) is 0 Å². The van der Waals surface area contributed by atoms with Gasteiger partial charge in [-0.3, -0.25) is 10.1 Å². The van der Waals surface area contributed by atoms with Gasteiger partial charge in [-0.2, -0.15) is 0 Å². The first kappa shape index (κ1) is 18.9. The molecule has 0 spiro atoms. The minimum Gasteiger partial charge on any atom is -0.496 e. The Morgan fingerprint density at radius 2 is 1.81 bits per heavy atom. The molecule has 27 heavy (non-hydrogen) atoms. The highest BCUT2D eigenvalue weighted by Crippen LogP contribution is 2.33. The first-order valence-corrected chi connectivity index (χ1v) is 9.42. The third-order valence-electron chi connectivity index (χ3n) is 4.33. The van der Waals surface area contributed by atoms with Crippen molar-refractivity contribution < 1.29 is 9.53 Å². The molecule has 1 N–H and O–H groups in total. The van der Waals surface area contributed by atoms with Crippen molar-refractivity contribution in [1.82, 2.24) is 4.98 Å². The number of benzene rings is 2. The molecule has 1 heterocycles. The van der Waals surface area contributed by atoms with Crippen molar-refractivity contribution in [3.05, 3.63) is 58.5 Å². The van der Waals surface area contributed by atoms with Crippen molar-refractivity contribution in [3.8, 4) is 17.0 Å². The Hall–Kier alpha value is -2.86. The van der Waals surface area contributed by atoms with Crippen LogP contribution >= 0.6 is 11.3 Å². The van der Waals surface area contributed by atoms with Crippen LogP contribution < -0.4 is 15.0 Å². The van der Waals surface area contributed by atoms with E-state index in [0.717, 1.165) is 33.1 Å². The number of carbonyl (C=O) groups excluding carboxylic acids is 1. The van der Waals surface area contributed by atoms with Crippen LogP contribution in [0.25, 0.3) is 11.3 Å². The summed E-state index contributed by atoms with van der Waals surface area (Å²) in [6.45, 7) is 4.01. The summed E-state index contributed by atoms with van der Waals surface area (Å²) < 4.78 is 5.32. The van der Waals surface area contributed by atoms with Crippen molar-refractivity contribution in [2.75, 3.05) is 31.4 Å². The summed E-state index contributed by atoms with van der Waals surface area (Å²) >= 11 is 1.47. The summed E-state index contributed by atoms with van der Waals surface area (Å²) in [6.07, 6.45) is 0. The number of carbonyl (C=O) groups is 1. The summed E-state index contributed by atoms with van der Waals surface area (Å²) in [5.74, 6) is 0.688. The third-order valence-corrected chi connectivity index (χ3v) is 5.22. The van der Waals surface area contributed by atoms with Gasteiger partial charge in [-0.05, 0) is 61.9 Å². The SMILES string of the molecule is COc1ccc(-c2nc(NC(=O)c3ccc(N(C)C)cc3)sc2C)cc1C. The van der Waals surface area contributed by atoms with Gasteiger partial charge in [0.15, 0.2) is 5.13 Å². The van der Waals surface area contributed by atoms with Crippen molar-refractivity contribution in [1.29, 1.82) is 0 Å². The number of nitrogens with one attached hydrogen (secondary N) is 1. The molecule has 1 amide bonds. The van der Waals surface area contributed by atoms with E-state index >= 15 is 0 Å². The first-order chi connectivity index (χ1) is 12.9. The molecule has 0 aliphatic heterocycles. The number of rotatable bonds is 5. The van der Waals surface area contributed by atoms with Gasteiger partial charge in [0.1, 0.15) is 5.75 Å². The van der Waals surface area contributed by atoms with Gasteiger partial charge in [0.2, 0.25) is 0 Å². The Morgan fingerprint density at radius 1 is 1.11 bits per heavy atom. The Morgan fingerprint density at radius 3 is 2.41 bits per heavy atom. The summed E-state index contributed by atoms with van der Waals surface area (Å²) in [5, 5.41) is 3.50. The molecule has 1 aromatic heterocycles. The van der Waals surface area contributed by atoms with Gasteiger partial charge in [-0.15, -0.1) is 11.3 Å². The molecular formula is C21H23N3O2S. The van der Waals surface area contributed by atoms with Crippen LogP contribution in [-0.4, -0.2) is 32.1 Å². The molecule has 3 aromatic rings. The second-order valence-electron chi connectivity index (χ2n) is 6.50. The number of hydrogen-bond donors (Lipinski definition) is 1. The van der Waals surface area contributed by atoms with E-state index in [-0.39, 0.29) is 5.91 Å². The predicted molar refractivity (Wildman–Crippen MR) is 112 cm³/mol. The van der Waals surface area contributed by atoms with E-state index in [4.69, 9.17) is 4.74 Å². The Balaban J connectivity index is 1.80. The lowest BCUT2D eigenvalue weighted by molar-refractivity contribution is 0.102. The molecule has 0 aliphatic rings. The van der Waals surface area contributed by atoms with Gasteiger partial charge in [0, 0.05) is 35.8 Å². The summed E-state index contributed by atoms with van der Waals surface area (Å²) in [6, 6.07) is 13.5. The van der Waals surface area contributed by atoms with Crippen LogP contribution in [0.2, 0.25) is 0 Å². The molecule has 6 heteroatoms. The lowest BCUT2D eigenvalue weighted by Gasteiger charge is -2.12. The highest BCUT2D eigenvalue weighted by Gasteiger charge is 2.14. The highest BCUT2D eigenvalue weighted by atomic mass is 32.1. The zero-order valence-electron chi connectivity index (χ0n) is 16.2. The summed E-state index contributed by atoms with van der Waals surface area (Å²) in [7, 11) is 5.60. The number of aromatic nitrogens is 1. The van der Waals surface area contributed by atoms with Crippen molar-refractivity contribution in [2.45, 2.75) is 13.8 Å². The molecule has 2 aromatic carbocycles. The van der Waals surface area contributed by atoms with Gasteiger partial charge in [-0.25, -0.2) is 4.98 Å². The van der Waals surface area contributed by atoms with Gasteiger partial charge in [0.25, 0.3) is 5.91 Å². The van der Waals surface area contributed by atoms with E-state index < -0.39 is 0 Å². The van der Waals surface area contributed by atoms with E-state index in [2.05, 4.69) is 10.3 Å². The fourth-order valence-electron chi connectivity index (χ4n) is 2.82. The van der Waals surface area contributed by atoms with Crippen molar-refractivity contribution in [2.24, 2.45) is 0 Å². The van der Waals surface area contributed by atoms with E-state index in [1.165, 1.54) is 11.3 Å². The number of amides is 1. The van der Waals surface area contributed by atoms with E-state index in [1.807, 2.05) is 75.3 Å². The minimum absolute atomic E-state index is 0.161. The molecule has 0 radical (unpaired) electrons. The summed E-state index contributed by atoms with van der Waals surface area (Å²) in [5.41, 5.74) is 4.60. The van der Waals surface area contributed by atoms with Crippen LogP contribution in [0, 0.1) is 13.8 Å². The molecule has 5 nitrogen and oxygen atoms in total. The smallest absolute Gasteiger partial charge is 0.257 e. The zero-order chi connectivity index (χ0) is 19.6. The maximum absolute atomic E-state index is 12.5. The molecule has 0 saturated carbocycles. The van der Waals surface area contributed by atoms with Gasteiger partial charge < -0.3 is 9.64 Å². The molecule has 0 fully saturated rings. The number of hydrogen-bond acceptors (Lipinski definition) is 5. The van der Waals surface area contributed by atoms with Gasteiger partial charge >= 0.3 is 0 Å². The number of thiazole rings is 1. The molecular weight excluding hydrogens is 358 g/mol. The maximum atomic E-state index is 12.5.